The zero-order chi connectivity index (χ0) is 35.2. The van der Waals surface area contributed by atoms with Crippen LogP contribution in [0.2, 0.25) is 0 Å². The monoisotopic (exact) mass is 653 g/mol. The average Bonchev–Trinajstić information content (AvgIpc) is 2.97. The highest BCUT2D eigenvalue weighted by Gasteiger charge is 2.35. The molecule has 10 nitrogen and oxygen atoms in total. The number of carbonyl (C=O) groups is 4. The first-order valence-electron chi connectivity index (χ1n) is 16.6. The third-order valence-electron chi connectivity index (χ3n) is 7.24. The highest BCUT2D eigenvalue weighted by Crippen LogP contribution is 2.28. The van der Waals surface area contributed by atoms with Crippen LogP contribution in [0.5, 0.6) is 5.75 Å². The Morgan fingerprint density at radius 1 is 0.851 bits per heavy atom. The summed E-state index contributed by atoms with van der Waals surface area (Å²) in [4.78, 5) is 55.6. The van der Waals surface area contributed by atoms with E-state index < -0.39 is 53.7 Å². The number of hydrogen-bond donors (Lipinski definition) is 3. The maximum Gasteiger partial charge on any atom is 0.408 e. The van der Waals surface area contributed by atoms with Gasteiger partial charge in [0.05, 0.1) is 0 Å². The molecule has 0 radical (unpaired) electrons. The number of phenolic OH excluding ortho intramolecular Hbond substituents is 1. The molecule has 3 N–H and O–H groups in total. The number of phenols is 1. The van der Waals surface area contributed by atoms with Gasteiger partial charge in [-0.1, -0.05) is 75.4 Å². The van der Waals surface area contributed by atoms with Crippen molar-refractivity contribution in [2.24, 2.45) is 0 Å². The van der Waals surface area contributed by atoms with Crippen LogP contribution in [0.15, 0.2) is 48.5 Å². The number of carbonyl (C=O) groups excluding carboxylic acids is 4. The Hall–Kier alpha value is -4.08. The number of amides is 3. The van der Waals surface area contributed by atoms with Gasteiger partial charge in [0.25, 0.3) is 0 Å². The predicted molar refractivity (Wildman–Crippen MR) is 183 cm³/mol. The predicted octanol–water partition coefficient (Wildman–Crippen LogP) is 6.52. The normalized spacial score (nSPS) is 12.9. The topological polar surface area (TPSA) is 134 Å². The van der Waals surface area contributed by atoms with Crippen LogP contribution in [-0.4, -0.2) is 64.2 Å². The first-order chi connectivity index (χ1) is 22.0. The molecule has 0 saturated carbocycles. The lowest BCUT2D eigenvalue weighted by molar-refractivity contribution is -0.159. The van der Waals surface area contributed by atoms with E-state index in [1.165, 1.54) is 11.0 Å². The van der Waals surface area contributed by atoms with Gasteiger partial charge in [-0.25, -0.2) is 9.59 Å². The quantitative estimate of drug-likeness (QED) is 0.139. The van der Waals surface area contributed by atoms with E-state index in [9.17, 15) is 24.3 Å². The summed E-state index contributed by atoms with van der Waals surface area (Å²) in [5, 5.41) is 15.7. The van der Waals surface area contributed by atoms with Crippen LogP contribution in [0.3, 0.4) is 0 Å². The molecule has 0 aliphatic carbocycles. The molecule has 0 spiro atoms. The smallest absolute Gasteiger partial charge is 0.408 e. The van der Waals surface area contributed by atoms with Crippen LogP contribution < -0.4 is 10.6 Å². The molecule has 2 aromatic carbocycles. The number of nitrogens with one attached hydrogen (secondary N) is 2. The summed E-state index contributed by atoms with van der Waals surface area (Å²) in [6, 6.07) is 11.8. The third-order valence-corrected chi connectivity index (χ3v) is 7.24. The van der Waals surface area contributed by atoms with Crippen LogP contribution in [0, 0.1) is 6.92 Å². The fourth-order valence-electron chi connectivity index (χ4n) is 5.01. The Kier molecular flexibility index (Phi) is 15.2. The molecular formula is C37H55N3O7. The summed E-state index contributed by atoms with van der Waals surface area (Å²) in [6.45, 7) is 14.1. The second-order valence-electron chi connectivity index (χ2n) is 13.9. The molecule has 47 heavy (non-hydrogen) atoms. The molecule has 0 aliphatic heterocycles. The van der Waals surface area contributed by atoms with E-state index in [1.54, 1.807) is 60.6 Å². The minimum Gasteiger partial charge on any atom is -0.508 e. The largest absolute Gasteiger partial charge is 0.508 e. The summed E-state index contributed by atoms with van der Waals surface area (Å²) in [5.41, 5.74) is 0.246. The van der Waals surface area contributed by atoms with E-state index in [0.717, 1.165) is 37.7 Å². The lowest BCUT2D eigenvalue weighted by Crippen LogP contribution is -2.52. The van der Waals surface area contributed by atoms with Gasteiger partial charge in [-0.15, -0.1) is 0 Å². The van der Waals surface area contributed by atoms with Crippen molar-refractivity contribution >= 4 is 23.9 Å². The van der Waals surface area contributed by atoms with E-state index in [2.05, 4.69) is 17.6 Å². The highest BCUT2D eigenvalue weighted by molar-refractivity contribution is 5.93. The SMILES string of the molecule is CCCCCCCCN(C(=O)CNC(=O)OC(C)(C)C)C(C(=O)NC(Cc1ccccc1)C(=O)OC(C)(C)C)c1ccc(O)c(C)c1. The summed E-state index contributed by atoms with van der Waals surface area (Å²) in [7, 11) is 0. The molecular weight excluding hydrogens is 598 g/mol. The Morgan fingerprint density at radius 2 is 1.47 bits per heavy atom. The molecule has 10 heteroatoms. The Labute approximate surface area is 280 Å². The maximum atomic E-state index is 14.4. The van der Waals surface area contributed by atoms with Crippen molar-refractivity contribution in [1.82, 2.24) is 15.5 Å². The van der Waals surface area contributed by atoms with Crippen molar-refractivity contribution in [3.63, 3.8) is 0 Å². The molecule has 0 saturated heterocycles. The average molecular weight is 654 g/mol. The van der Waals surface area contributed by atoms with Gasteiger partial charge in [0.2, 0.25) is 11.8 Å². The van der Waals surface area contributed by atoms with Gasteiger partial charge in [-0.05, 0) is 83.7 Å². The van der Waals surface area contributed by atoms with Crippen LogP contribution >= 0.6 is 0 Å². The third kappa shape index (κ3) is 14.5. The number of benzene rings is 2. The number of nitrogens with zero attached hydrogens (tertiary/aromatic N) is 1. The summed E-state index contributed by atoms with van der Waals surface area (Å²) < 4.78 is 11.0. The molecule has 0 bridgehead atoms. The van der Waals surface area contributed by atoms with Crippen LogP contribution in [0.4, 0.5) is 4.79 Å². The Bertz CT molecular complexity index is 1320. The highest BCUT2D eigenvalue weighted by atomic mass is 16.6. The van der Waals surface area contributed by atoms with Crippen LogP contribution in [-0.2, 0) is 30.3 Å². The van der Waals surface area contributed by atoms with Gasteiger partial charge in [-0.3, -0.25) is 9.59 Å². The maximum absolute atomic E-state index is 14.4. The number of esters is 1. The van der Waals surface area contributed by atoms with Crippen LogP contribution in [0.25, 0.3) is 0 Å². The number of unbranched alkanes of at least 4 members (excludes halogenated alkanes) is 5. The van der Waals surface area contributed by atoms with E-state index in [4.69, 9.17) is 9.47 Å². The van der Waals surface area contributed by atoms with Gasteiger partial charge in [0.1, 0.15) is 35.6 Å². The van der Waals surface area contributed by atoms with Crippen molar-refractivity contribution in [3.05, 3.63) is 65.2 Å². The lowest BCUT2D eigenvalue weighted by Gasteiger charge is -2.33. The van der Waals surface area contributed by atoms with Crippen molar-refractivity contribution in [2.75, 3.05) is 13.1 Å². The molecule has 2 atom stereocenters. The molecule has 2 rings (SSSR count). The molecule has 0 heterocycles. The van der Waals surface area contributed by atoms with Crippen molar-refractivity contribution in [1.29, 1.82) is 0 Å². The molecule has 0 aliphatic rings. The summed E-state index contributed by atoms with van der Waals surface area (Å²) in [5.74, 6) is -1.63. The van der Waals surface area contributed by atoms with Crippen molar-refractivity contribution < 1.29 is 33.8 Å². The Balaban J connectivity index is 2.50. The number of rotatable bonds is 16. The van der Waals surface area contributed by atoms with Gasteiger partial charge >= 0.3 is 12.1 Å². The standard InChI is InChI=1S/C37H55N3O7/c1-9-10-11-12-13-17-22-40(31(42)25-38-35(45)47-37(6,7)8)32(28-20-21-30(41)26(2)23-28)33(43)39-29(34(44)46-36(3,4)5)24-27-18-15-14-16-19-27/h14-16,18-21,23,29,32,41H,9-13,17,22,24-25H2,1-8H3,(H,38,45)(H,39,43). The fourth-order valence-corrected chi connectivity index (χ4v) is 5.01. The molecule has 0 aromatic heterocycles. The Morgan fingerprint density at radius 3 is 2.06 bits per heavy atom. The van der Waals surface area contributed by atoms with Crippen molar-refractivity contribution in [3.8, 4) is 5.75 Å². The molecule has 260 valence electrons. The second-order valence-corrected chi connectivity index (χ2v) is 13.9. The second kappa shape index (κ2) is 18.3. The lowest BCUT2D eigenvalue weighted by atomic mass is 9.99. The molecule has 3 amide bonds. The molecule has 2 aromatic rings. The van der Waals surface area contributed by atoms with E-state index in [0.29, 0.717) is 17.5 Å². The van der Waals surface area contributed by atoms with E-state index in [-0.39, 0.29) is 18.7 Å². The number of alkyl carbamates (subject to hydrolysis) is 1. The van der Waals surface area contributed by atoms with Crippen LogP contribution in [0.1, 0.15) is 110 Å². The van der Waals surface area contributed by atoms with Gasteiger partial charge < -0.3 is 30.1 Å². The molecule has 0 fully saturated rings. The first kappa shape index (κ1) is 39.1. The van der Waals surface area contributed by atoms with E-state index in [1.807, 2.05) is 30.3 Å². The summed E-state index contributed by atoms with van der Waals surface area (Å²) >= 11 is 0. The number of ether oxygens (including phenoxy) is 2. The first-order valence-corrected chi connectivity index (χ1v) is 16.6. The van der Waals surface area contributed by atoms with Crippen molar-refractivity contribution in [2.45, 2.75) is 124 Å². The van der Waals surface area contributed by atoms with Gasteiger partial charge in [0.15, 0.2) is 0 Å². The van der Waals surface area contributed by atoms with E-state index >= 15 is 0 Å². The minimum absolute atomic E-state index is 0.0454. The van der Waals surface area contributed by atoms with Gasteiger partial charge in [0, 0.05) is 13.0 Å². The summed E-state index contributed by atoms with van der Waals surface area (Å²) in [6.07, 6.45) is 5.18. The fraction of sp³-hybridized carbons (Fsp3) is 0.568. The number of aromatic hydroxyl groups is 1. The van der Waals surface area contributed by atoms with Gasteiger partial charge in [-0.2, -0.15) is 0 Å². The number of hydrogen-bond acceptors (Lipinski definition) is 7. The number of aryl methyl sites for hydroxylation is 1. The zero-order valence-corrected chi connectivity index (χ0v) is 29.5. The molecule has 2 unspecified atom stereocenters. The zero-order valence-electron chi connectivity index (χ0n) is 29.5. The minimum atomic E-state index is -1.17.